The Morgan fingerprint density at radius 3 is 2.47 bits per heavy atom. The zero-order chi connectivity index (χ0) is 14.9. The molecule has 0 aliphatic rings. The molecule has 0 heterocycles. The molecule has 11 heteroatoms. The topological polar surface area (TPSA) is 153 Å². The van der Waals surface area contributed by atoms with E-state index in [1.54, 1.807) is 0 Å². The predicted molar refractivity (Wildman–Crippen MR) is 67.6 cm³/mol. The predicted octanol–water partition coefficient (Wildman–Crippen LogP) is -1.59. The maximum Gasteiger partial charge on any atom is 0.326 e. The fourth-order valence-corrected chi connectivity index (χ4v) is 2.05. The van der Waals surface area contributed by atoms with E-state index in [9.17, 15) is 18.1 Å². The molecule has 0 aromatic heterocycles. The van der Waals surface area contributed by atoms with Crippen molar-refractivity contribution in [3.8, 4) is 0 Å². The number of hydrogen-bond donors (Lipinski definition) is 5. The number of aliphatic hydroxyl groups excluding tert-OH is 1. The van der Waals surface area contributed by atoms with Crippen LogP contribution in [0.15, 0.2) is 0 Å². The van der Waals surface area contributed by atoms with Crippen molar-refractivity contribution in [2.24, 2.45) is 0 Å². The molecule has 0 spiro atoms. The second-order valence-corrected chi connectivity index (χ2v) is 7.31. The summed E-state index contributed by atoms with van der Waals surface area (Å²) < 4.78 is 44.6. The van der Waals surface area contributed by atoms with Gasteiger partial charge in [0.05, 0.1) is 24.6 Å². The van der Waals surface area contributed by atoms with Gasteiger partial charge in [0.1, 0.15) is 0 Å². The molecule has 0 aromatic rings. The van der Waals surface area contributed by atoms with Gasteiger partial charge in [-0.25, -0.2) is 0 Å². The summed E-state index contributed by atoms with van der Waals surface area (Å²) in [5.41, 5.74) is 0. The zero-order valence-electron chi connectivity index (χ0n) is 10.3. The summed E-state index contributed by atoms with van der Waals surface area (Å²) in [5.74, 6) is -0.399. The molecule has 0 radical (unpaired) electrons. The highest BCUT2D eigenvalue weighted by Gasteiger charge is 2.12. The average molecular weight is 321 g/mol. The number of ether oxygens (including phenoxy) is 1. The quantitative estimate of drug-likeness (QED) is 0.172. The molecule has 9 nitrogen and oxygen atoms in total. The van der Waals surface area contributed by atoms with Gasteiger partial charge < -0.3 is 24.9 Å². The molecule has 0 aromatic carbocycles. The normalized spacial score (nSPS) is 14.5. The van der Waals surface area contributed by atoms with Crippen LogP contribution in [0.1, 0.15) is 6.42 Å². The first-order valence-electron chi connectivity index (χ1n) is 5.56. The molecule has 0 saturated carbocycles. The highest BCUT2D eigenvalue weighted by Crippen LogP contribution is 2.32. The number of nitrogens with one attached hydrogen (secondary N) is 1. The van der Waals surface area contributed by atoms with Gasteiger partial charge in [-0.05, 0) is 6.42 Å². The van der Waals surface area contributed by atoms with E-state index in [0.717, 1.165) is 0 Å². The van der Waals surface area contributed by atoms with Crippen LogP contribution >= 0.6 is 7.60 Å². The summed E-state index contributed by atoms with van der Waals surface area (Å²) in [6.07, 6.45) is -1.05. The van der Waals surface area contributed by atoms with Gasteiger partial charge in [0, 0.05) is 19.7 Å². The third-order valence-corrected chi connectivity index (χ3v) is 3.57. The minimum absolute atomic E-state index is 0.0333. The Kier molecular flexibility index (Phi) is 8.95. The smallest absolute Gasteiger partial charge is 0.326 e. The van der Waals surface area contributed by atoms with Crippen LogP contribution in [-0.4, -0.2) is 72.2 Å². The summed E-state index contributed by atoms with van der Waals surface area (Å²) >= 11 is 0. The molecule has 0 amide bonds. The fraction of sp³-hybridized carbons (Fsp3) is 1.00. The van der Waals surface area contributed by atoms with Gasteiger partial charge in [0.2, 0.25) is 0 Å². The van der Waals surface area contributed by atoms with Gasteiger partial charge in [-0.1, -0.05) is 0 Å². The van der Waals surface area contributed by atoms with E-state index in [1.807, 2.05) is 0 Å². The summed E-state index contributed by atoms with van der Waals surface area (Å²) in [5, 5.41) is 12.0. The summed E-state index contributed by atoms with van der Waals surface area (Å²) in [6, 6.07) is 0. The van der Waals surface area contributed by atoms with Gasteiger partial charge in [-0.15, -0.1) is 0 Å². The number of hydrogen-bond acceptors (Lipinski definition) is 6. The highest BCUT2D eigenvalue weighted by molar-refractivity contribution is 7.85. The SMILES string of the molecule is O=P(O)(O)CCNCC(O)COCCCS(=O)(=O)O. The molecule has 19 heavy (non-hydrogen) atoms. The lowest BCUT2D eigenvalue weighted by Crippen LogP contribution is -2.32. The summed E-state index contributed by atoms with van der Waals surface area (Å²) in [6.45, 7) is 0.232. The Bertz CT molecular complexity index is 380. The largest absolute Gasteiger partial charge is 0.389 e. The second kappa shape index (κ2) is 8.98. The van der Waals surface area contributed by atoms with Crippen LogP contribution in [0.3, 0.4) is 0 Å². The van der Waals surface area contributed by atoms with Gasteiger partial charge in [0.25, 0.3) is 10.1 Å². The van der Waals surface area contributed by atoms with E-state index >= 15 is 0 Å². The molecule has 0 bridgehead atoms. The van der Waals surface area contributed by atoms with Crippen molar-refractivity contribution in [2.45, 2.75) is 12.5 Å². The van der Waals surface area contributed by atoms with E-state index in [0.29, 0.717) is 0 Å². The maximum absolute atomic E-state index is 10.5. The molecule has 1 unspecified atom stereocenters. The van der Waals surface area contributed by atoms with Gasteiger partial charge in [-0.2, -0.15) is 8.42 Å². The molecule has 0 saturated heterocycles. The van der Waals surface area contributed by atoms with Gasteiger partial charge in [0.15, 0.2) is 0 Å². The van der Waals surface area contributed by atoms with Crippen molar-refractivity contribution in [1.29, 1.82) is 0 Å². The minimum atomic E-state index is -4.03. The van der Waals surface area contributed by atoms with Gasteiger partial charge >= 0.3 is 7.60 Å². The van der Waals surface area contributed by atoms with E-state index < -0.39 is 29.6 Å². The molecule has 0 aliphatic carbocycles. The first-order chi connectivity index (χ1) is 8.60. The Morgan fingerprint density at radius 1 is 1.32 bits per heavy atom. The van der Waals surface area contributed by atoms with Crippen molar-refractivity contribution in [2.75, 3.05) is 38.2 Å². The van der Waals surface area contributed by atoms with Crippen molar-refractivity contribution >= 4 is 17.7 Å². The molecule has 0 aliphatic heterocycles. The second-order valence-electron chi connectivity index (χ2n) is 3.96. The Labute approximate surface area is 111 Å². The Morgan fingerprint density at radius 2 is 1.95 bits per heavy atom. The molecule has 5 N–H and O–H groups in total. The van der Waals surface area contributed by atoms with Crippen LogP contribution in [-0.2, 0) is 19.4 Å². The minimum Gasteiger partial charge on any atom is -0.389 e. The summed E-state index contributed by atoms with van der Waals surface area (Å²) in [4.78, 5) is 17.1. The highest BCUT2D eigenvalue weighted by atomic mass is 32.2. The van der Waals surface area contributed by atoms with Gasteiger partial charge in [-0.3, -0.25) is 9.12 Å². The van der Waals surface area contributed by atoms with Crippen molar-refractivity contribution < 1.29 is 37.2 Å². The van der Waals surface area contributed by atoms with Crippen LogP contribution in [0.25, 0.3) is 0 Å². The van der Waals surface area contributed by atoms with Crippen LogP contribution < -0.4 is 5.32 Å². The monoisotopic (exact) mass is 321 g/mol. The fourth-order valence-electron chi connectivity index (χ4n) is 1.12. The van der Waals surface area contributed by atoms with Crippen LogP contribution in [0.2, 0.25) is 0 Å². The molecule has 0 rings (SSSR count). The molecule has 116 valence electrons. The molecule has 0 fully saturated rings. The van der Waals surface area contributed by atoms with Crippen molar-refractivity contribution in [1.82, 2.24) is 5.32 Å². The lowest BCUT2D eigenvalue weighted by Gasteiger charge is -2.12. The van der Waals surface area contributed by atoms with Crippen LogP contribution in [0.4, 0.5) is 0 Å². The number of rotatable bonds is 11. The molecule has 1 atom stereocenters. The third-order valence-electron chi connectivity index (χ3n) is 1.96. The van der Waals surface area contributed by atoms with E-state index in [1.165, 1.54) is 0 Å². The lowest BCUT2D eigenvalue weighted by molar-refractivity contribution is 0.0377. The number of aliphatic hydroxyl groups is 1. The first kappa shape index (κ1) is 18.9. The zero-order valence-corrected chi connectivity index (χ0v) is 12.0. The first-order valence-corrected chi connectivity index (χ1v) is 8.97. The summed E-state index contributed by atoms with van der Waals surface area (Å²) in [7, 11) is -8.01. The Hall–Kier alpha value is -0.0600. The van der Waals surface area contributed by atoms with Crippen LogP contribution in [0.5, 0.6) is 0 Å². The van der Waals surface area contributed by atoms with Crippen LogP contribution in [0, 0.1) is 0 Å². The third kappa shape index (κ3) is 15.9. The van der Waals surface area contributed by atoms with E-state index in [4.69, 9.17) is 19.1 Å². The lowest BCUT2D eigenvalue weighted by atomic mass is 10.4. The van der Waals surface area contributed by atoms with E-state index in [2.05, 4.69) is 5.32 Å². The molecular formula is C8H20NO8PS. The van der Waals surface area contributed by atoms with Crippen molar-refractivity contribution in [3.05, 3.63) is 0 Å². The maximum atomic E-state index is 10.5. The standard InChI is InChI=1S/C8H20NO8PS/c10-8(6-9-2-4-18(11,12)13)7-17-3-1-5-19(14,15)16/h8-10H,1-7H2,(H2,11,12,13)(H,14,15,16). The Balaban J connectivity index is 3.45. The van der Waals surface area contributed by atoms with E-state index in [-0.39, 0.29) is 38.9 Å². The average Bonchev–Trinajstić information content (AvgIpc) is 2.21. The van der Waals surface area contributed by atoms with Crippen molar-refractivity contribution in [3.63, 3.8) is 0 Å². The molecular weight excluding hydrogens is 301 g/mol.